The second-order valence-corrected chi connectivity index (χ2v) is 17.0. The Kier molecular flexibility index (Phi) is 8.61. The average molecular weight is 593 g/mol. The molecule has 0 saturated carbocycles. The third-order valence-electron chi connectivity index (χ3n) is 7.80. The Morgan fingerprint density at radius 1 is 0.225 bits per heavy atom. The van der Waals surface area contributed by atoms with E-state index in [-0.39, 0.29) is 0 Å². The minimum absolute atomic E-state index is 0.348. The Morgan fingerprint density at radius 2 is 0.375 bits per heavy atom. The predicted octanol–water partition coefficient (Wildman–Crippen LogP) is 9.97. The normalized spacial score (nSPS) is 11.2. The van der Waals surface area contributed by atoms with Crippen LogP contribution in [0.5, 0.6) is 0 Å². The van der Waals surface area contributed by atoms with E-state index in [2.05, 4.69) is 182 Å². The maximum absolute atomic E-state index is 2.82. The Bertz CT molecular complexity index is 1250. The Labute approximate surface area is 246 Å². The van der Waals surface area contributed by atoms with Crippen LogP contribution < -0.4 is 0 Å². The molecule has 40 heavy (non-hydrogen) atoms. The molecule has 0 unspecified atom stereocenters. The van der Waals surface area contributed by atoms with E-state index in [9.17, 15) is 0 Å². The fourth-order valence-corrected chi connectivity index (χ4v) is 17.1. The molecule has 0 N–H and O–H groups in total. The standard InChI is InChI=1S/3C13H11.Zr/c3*1-3-7-12(8-4-1)11-13-9-5-2-6-10-13;/h3*1-11H;. The third kappa shape index (κ3) is 5.86. The first-order valence-corrected chi connectivity index (χ1v) is 18.3. The molecular formula is C39H33Zr. The zero-order chi connectivity index (χ0) is 27.0. The van der Waals surface area contributed by atoms with Crippen LogP contribution in [-0.4, -0.2) is 0 Å². The monoisotopic (exact) mass is 591 g/mol. The van der Waals surface area contributed by atoms with Gasteiger partial charge in [0.15, 0.2) is 0 Å². The van der Waals surface area contributed by atoms with Crippen LogP contribution in [-0.2, 0) is 21.8 Å². The van der Waals surface area contributed by atoms with Gasteiger partial charge in [-0.2, -0.15) is 0 Å². The van der Waals surface area contributed by atoms with Gasteiger partial charge in [0.05, 0.1) is 0 Å². The van der Waals surface area contributed by atoms with Crippen molar-refractivity contribution in [2.75, 3.05) is 0 Å². The third-order valence-corrected chi connectivity index (χ3v) is 17.6. The maximum atomic E-state index is 2.36. The van der Waals surface area contributed by atoms with Gasteiger partial charge >= 0.3 is 248 Å². The topological polar surface area (TPSA) is 0 Å². The van der Waals surface area contributed by atoms with Crippen molar-refractivity contribution in [2.24, 2.45) is 0 Å². The Hall–Kier alpha value is -3.80. The van der Waals surface area contributed by atoms with Crippen LogP contribution in [0.4, 0.5) is 0 Å². The summed E-state index contributed by atoms with van der Waals surface area (Å²) in [5, 5.41) is 0. The van der Waals surface area contributed by atoms with Crippen molar-refractivity contribution in [2.45, 2.75) is 10.9 Å². The van der Waals surface area contributed by atoms with E-state index < -0.39 is 21.8 Å². The summed E-state index contributed by atoms with van der Waals surface area (Å²) in [6.45, 7) is 0. The van der Waals surface area contributed by atoms with Gasteiger partial charge in [-0.25, -0.2) is 0 Å². The number of rotatable bonds is 9. The molecule has 0 amide bonds. The number of benzene rings is 6. The molecule has 0 bridgehead atoms. The summed E-state index contributed by atoms with van der Waals surface area (Å²) < 4.78 is 1.04. The number of hydrogen-bond acceptors (Lipinski definition) is 0. The molecule has 0 heterocycles. The zero-order valence-corrected chi connectivity index (χ0v) is 25.0. The van der Waals surface area contributed by atoms with Crippen molar-refractivity contribution in [3.63, 3.8) is 0 Å². The van der Waals surface area contributed by atoms with Crippen molar-refractivity contribution in [3.8, 4) is 0 Å². The van der Waals surface area contributed by atoms with Gasteiger partial charge in [-0.3, -0.25) is 0 Å². The van der Waals surface area contributed by atoms with Crippen LogP contribution in [0.25, 0.3) is 0 Å². The van der Waals surface area contributed by atoms with Gasteiger partial charge in [-0.1, -0.05) is 0 Å². The molecular weight excluding hydrogens is 560 g/mol. The van der Waals surface area contributed by atoms with Gasteiger partial charge < -0.3 is 0 Å². The zero-order valence-electron chi connectivity index (χ0n) is 22.6. The molecule has 0 aliphatic rings. The van der Waals surface area contributed by atoms with E-state index in [0.29, 0.717) is 10.9 Å². The van der Waals surface area contributed by atoms with Gasteiger partial charge in [0.2, 0.25) is 0 Å². The minimum atomic E-state index is -2.82. The van der Waals surface area contributed by atoms with Crippen LogP contribution >= 0.6 is 0 Å². The van der Waals surface area contributed by atoms with E-state index in [0.717, 1.165) is 0 Å². The van der Waals surface area contributed by atoms with E-state index in [1.165, 1.54) is 33.4 Å². The van der Waals surface area contributed by atoms with Crippen LogP contribution in [0.1, 0.15) is 44.3 Å². The molecule has 6 rings (SSSR count). The second kappa shape index (κ2) is 13.0. The summed E-state index contributed by atoms with van der Waals surface area (Å²) in [6, 6.07) is 67.8. The summed E-state index contributed by atoms with van der Waals surface area (Å²) in [4.78, 5) is 0. The first kappa shape index (κ1) is 26.4. The van der Waals surface area contributed by atoms with Gasteiger partial charge in [-0.15, -0.1) is 0 Å². The van der Waals surface area contributed by atoms with E-state index in [1.54, 1.807) is 0 Å². The van der Waals surface area contributed by atoms with Crippen LogP contribution in [0, 0.1) is 0 Å². The summed E-state index contributed by atoms with van der Waals surface area (Å²) in [6.07, 6.45) is 0. The van der Waals surface area contributed by atoms with E-state index in [1.807, 2.05) is 0 Å². The molecule has 0 atom stereocenters. The molecule has 1 heteroatoms. The summed E-state index contributed by atoms with van der Waals surface area (Å²) >= 11 is -2.82. The summed E-state index contributed by atoms with van der Waals surface area (Å²) in [5.74, 6) is 0. The fraction of sp³-hybridized carbons (Fsp3) is 0.0769. The van der Waals surface area contributed by atoms with Gasteiger partial charge in [0, 0.05) is 0 Å². The van der Waals surface area contributed by atoms with E-state index >= 15 is 0 Å². The molecule has 0 aromatic heterocycles. The molecule has 0 radical (unpaired) electrons. The van der Waals surface area contributed by atoms with Crippen molar-refractivity contribution in [1.82, 2.24) is 0 Å². The van der Waals surface area contributed by atoms with Crippen molar-refractivity contribution >= 4 is 0 Å². The molecule has 0 fully saturated rings. The quantitative estimate of drug-likeness (QED) is 0.157. The molecule has 6 aromatic carbocycles. The molecule has 0 spiro atoms. The Balaban J connectivity index is 1.69. The van der Waals surface area contributed by atoms with Crippen molar-refractivity contribution < 1.29 is 21.8 Å². The molecule has 0 saturated heterocycles. The fourth-order valence-electron chi connectivity index (χ4n) is 6.10. The molecule has 6 aromatic rings. The van der Waals surface area contributed by atoms with Gasteiger partial charge in [0.25, 0.3) is 0 Å². The summed E-state index contributed by atoms with van der Waals surface area (Å²) in [7, 11) is 0. The van der Waals surface area contributed by atoms with Gasteiger partial charge in [0.1, 0.15) is 0 Å². The van der Waals surface area contributed by atoms with E-state index in [4.69, 9.17) is 0 Å². The van der Waals surface area contributed by atoms with Crippen LogP contribution in [0.3, 0.4) is 0 Å². The first-order chi connectivity index (χ1) is 19.9. The molecule has 193 valence electrons. The summed E-state index contributed by atoms with van der Waals surface area (Å²) in [5.41, 5.74) is 8.57. The van der Waals surface area contributed by atoms with Crippen LogP contribution in [0.2, 0.25) is 0 Å². The predicted molar refractivity (Wildman–Crippen MR) is 164 cm³/mol. The van der Waals surface area contributed by atoms with Crippen molar-refractivity contribution in [1.29, 1.82) is 0 Å². The molecule has 0 aliphatic heterocycles. The number of hydrogen-bond donors (Lipinski definition) is 0. The van der Waals surface area contributed by atoms with Crippen molar-refractivity contribution in [3.05, 3.63) is 215 Å². The second-order valence-electron chi connectivity index (χ2n) is 10.3. The Morgan fingerprint density at radius 3 is 0.525 bits per heavy atom. The average Bonchev–Trinajstić information content (AvgIpc) is 3.04. The van der Waals surface area contributed by atoms with Gasteiger partial charge in [-0.05, 0) is 0 Å². The molecule has 0 nitrogen and oxygen atoms in total. The first-order valence-electron chi connectivity index (χ1n) is 14.1. The van der Waals surface area contributed by atoms with Crippen LogP contribution in [0.15, 0.2) is 182 Å². The molecule has 0 aliphatic carbocycles. The SMILES string of the molecule is c1ccc([CH](c2ccccc2)[Zr]([CH](c2ccccc2)c2ccccc2)[CH](c2ccccc2)c2ccccc2)cc1.